The number of allylic oxidation sites excluding steroid dienone is 1. The van der Waals surface area contributed by atoms with E-state index in [1.165, 1.54) is 18.2 Å². The van der Waals surface area contributed by atoms with Gasteiger partial charge in [-0.1, -0.05) is 70.8 Å². The molecule has 0 bridgehead atoms. The molecular weight excluding hydrogens is 592 g/mol. The third-order valence-electron chi connectivity index (χ3n) is 5.00. The summed E-state index contributed by atoms with van der Waals surface area (Å²) >= 11 is 16.5. The van der Waals surface area contributed by atoms with Crippen LogP contribution in [-0.4, -0.2) is 32.3 Å². The number of hydrogen-bond donors (Lipinski definition) is 2. The number of nitrogens with zero attached hydrogens (tertiary/aromatic N) is 3. The maximum absolute atomic E-state index is 14.0. The van der Waals surface area contributed by atoms with Crippen LogP contribution in [0.5, 0.6) is 0 Å². The van der Waals surface area contributed by atoms with Crippen molar-refractivity contribution in [3.8, 4) is 0 Å². The van der Waals surface area contributed by atoms with Crippen LogP contribution in [0.2, 0.25) is 10.0 Å². The van der Waals surface area contributed by atoms with Crippen molar-refractivity contribution in [2.24, 2.45) is 5.92 Å². The molecule has 0 radical (unpaired) electrons. The van der Waals surface area contributed by atoms with Gasteiger partial charge in [-0.2, -0.15) is 0 Å². The zero-order valence-corrected chi connectivity index (χ0v) is 23.3. The van der Waals surface area contributed by atoms with Crippen LogP contribution < -0.4 is 10.6 Å². The number of carbonyl (C=O) groups is 2. The lowest BCUT2D eigenvalue weighted by atomic mass is 10.0. The second-order valence-electron chi connectivity index (χ2n) is 8.02. The second kappa shape index (κ2) is 12.7. The molecule has 2 aromatic carbocycles. The molecule has 0 aliphatic carbocycles. The Labute approximate surface area is 231 Å². The SMILES string of the molecule is C=CCn1c(SCC(=O)Nc2ccc(Br)cc2F)nnc1[C@H](NC(=O)c1ccc(Cl)cc1Cl)C(C)C. The van der Waals surface area contributed by atoms with E-state index in [1.54, 1.807) is 28.8 Å². The highest BCUT2D eigenvalue weighted by Crippen LogP contribution is 2.28. The normalized spacial score (nSPS) is 11.9. The van der Waals surface area contributed by atoms with Gasteiger partial charge >= 0.3 is 0 Å². The van der Waals surface area contributed by atoms with Crippen molar-refractivity contribution < 1.29 is 14.0 Å². The minimum atomic E-state index is -0.545. The van der Waals surface area contributed by atoms with Crippen molar-refractivity contribution in [2.45, 2.75) is 31.6 Å². The Morgan fingerprint density at radius 3 is 2.61 bits per heavy atom. The summed E-state index contributed by atoms with van der Waals surface area (Å²) in [6, 6.07) is 8.53. The summed E-state index contributed by atoms with van der Waals surface area (Å²) in [6.07, 6.45) is 1.67. The van der Waals surface area contributed by atoms with Gasteiger partial charge in [-0.05, 0) is 42.3 Å². The molecule has 0 aliphatic rings. The van der Waals surface area contributed by atoms with Crippen LogP contribution in [0.1, 0.15) is 36.1 Å². The minimum Gasteiger partial charge on any atom is -0.342 e. The van der Waals surface area contributed by atoms with Crippen LogP contribution in [0.15, 0.2) is 58.7 Å². The summed E-state index contributed by atoms with van der Waals surface area (Å²) in [5.41, 5.74) is 0.369. The number of halogens is 4. The molecule has 0 aliphatic heterocycles. The Morgan fingerprint density at radius 1 is 1.22 bits per heavy atom. The van der Waals surface area contributed by atoms with Crippen molar-refractivity contribution in [1.82, 2.24) is 20.1 Å². The van der Waals surface area contributed by atoms with Gasteiger partial charge in [0.15, 0.2) is 11.0 Å². The maximum atomic E-state index is 14.0. The van der Waals surface area contributed by atoms with Crippen molar-refractivity contribution >= 4 is 68.4 Å². The summed E-state index contributed by atoms with van der Waals surface area (Å²) < 4.78 is 16.4. The van der Waals surface area contributed by atoms with Gasteiger partial charge in [0.05, 0.1) is 28.1 Å². The van der Waals surface area contributed by atoms with Gasteiger partial charge in [0, 0.05) is 16.0 Å². The lowest BCUT2D eigenvalue weighted by Crippen LogP contribution is -2.34. The first kappa shape index (κ1) is 28.2. The summed E-state index contributed by atoms with van der Waals surface area (Å²) in [6.45, 7) is 8.02. The standard InChI is InChI=1S/C24H23BrCl2FN5O2S/c1-4-9-33-22(21(13(2)3)30-23(35)16-7-6-15(26)11-17(16)27)31-32-24(33)36-12-20(34)29-19-8-5-14(25)10-18(19)28/h4-8,10-11,13,21H,1,9,12H2,2-3H3,(H,29,34)(H,30,35)/t21-/m1/s1. The lowest BCUT2D eigenvalue weighted by Gasteiger charge is -2.23. The molecule has 7 nitrogen and oxygen atoms in total. The molecule has 0 saturated heterocycles. The first-order chi connectivity index (χ1) is 17.1. The first-order valence-electron chi connectivity index (χ1n) is 10.8. The number of thioether (sulfide) groups is 1. The third kappa shape index (κ3) is 7.09. The molecule has 3 aromatic rings. The fraction of sp³-hybridized carbons (Fsp3) is 0.250. The number of nitrogens with one attached hydrogen (secondary N) is 2. The highest BCUT2D eigenvalue weighted by Gasteiger charge is 2.27. The molecule has 12 heteroatoms. The van der Waals surface area contributed by atoms with Gasteiger partial charge in [-0.15, -0.1) is 16.8 Å². The van der Waals surface area contributed by atoms with Crippen LogP contribution in [0.25, 0.3) is 0 Å². The van der Waals surface area contributed by atoms with Crippen molar-refractivity contribution in [3.05, 3.63) is 80.8 Å². The van der Waals surface area contributed by atoms with Gasteiger partial charge in [0.25, 0.3) is 5.91 Å². The average Bonchev–Trinajstić information content (AvgIpc) is 3.20. The van der Waals surface area contributed by atoms with E-state index in [4.69, 9.17) is 23.2 Å². The van der Waals surface area contributed by atoms with Gasteiger partial charge in [0.1, 0.15) is 5.82 Å². The van der Waals surface area contributed by atoms with E-state index >= 15 is 0 Å². The van der Waals surface area contributed by atoms with E-state index in [-0.39, 0.29) is 33.9 Å². The summed E-state index contributed by atoms with van der Waals surface area (Å²) in [7, 11) is 0. The Balaban J connectivity index is 1.77. The lowest BCUT2D eigenvalue weighted by molar-refractivity contribution is -0.113. The Kier molecular flexibility index (Phi) is 9.95. The van der Waals surface area contributed by atoms with Crippen molar-refractivity contribution in [1.29, 1.82) is 0 Å². The van der Waals surface area contributed by atoms with E-state index in [0.717, 1.165) is 11.8 Å². The van der Waals surface area contributed by atoms with E-state index in [9.17, 15) is 14.0 Å². The number of aromatic nitrogens is 3. The number of carbonyl (C=O) groups excluding carboxylic acids is 2. The van der Waals surface area contributed by atoms with E-state index in [2.05, 4.69) is 43.3 Å². The molecule has 36 heavy (non-hydrogen) atoms. The van der Waals surface area contributed by atoms with Gasteiger partial charge < -0.3 is 15.2 Å². The number of anilines is 1. The largest absolute Gasteiger partial charge is 0.342 e. The highest BCUT2D eigenvalue weighted by molar-refractivity contribution is 9.10. The van der Waals surface area contributed by atoms with Crippen LogP contribution in [0, 0.1) is 11.7 Å². The minimum absolute atomic E-state index is 0.0239. The predicted molar refractivity (Wildman–Crippen MR) is 145 cm³/mol. The fourth-order valence-electron chi connectivity index (χ4n) is 3.27. The smallest absolute Gasteiger partial charge is 0.253 e. The molecule has 3 rings (SSSR count). The van der Waals surface area contributed by atoms with E-state index < -0.39 is 17.8 Å². The Bertz CT molecular complexity index is 1290. The van der Waals surface area contributed by atoms with Crippen molar-refractivity contribution in [2.75, 3.05) is 11.1 Å². The van der Waals surface area contributed by atoms with Gasteiger partial charge in [-0.3, -0.25) is 9.59 Å². The number of hydrogen-bond acceptors (Lipinski definition) is 5. The monoisotopic (exact) mass is 613 g/mol. The fourth-order valence-corrected chi connectivity index (χ4v) is 4.85. The summed E-state index contributed by atoms with van der Waals surface area (Å²) in [5, 5.41) is 15.2. The number of benzene rings is 2. The molecule has 1 heterocycles. The third-order valence-corrected chi connectivity index (χ3v) is 7.01. The molecule has 1 atom stereocenters. The summed E-state index contributed by atoms with van der Waals surface area (Å²) in [4.78, 5) is 25.4. The highest BCUT2D eigenvalue weighted by atomic mass is 79.9. The molecule has 2 N–H and O–H groups in total. The van der Waals surface area contributed by atoms with Crippen LogP contribution in [0.4, 0.5) is 10.1 Å². The zero-order valence-electron chi connectivity index (χ0n) is 19.4. The van der Waals surface area contributed by atoms with Crippen LogP contribution in [0.3, 0.4) is 0 Å². The molecule has 1 aromatic heterocycles. The average molecular weight is 615 g/mol. The van der Waals surface area contributed by atoms with Crippen molar-refractivity contribution in [3.63, 3.8) is 0 Å². The van der Waals surface area contributed by atoms with Crippen LogP contribution in [-0.2, 0) is 11.3 Å². The van der Waals surface area contributed by atoms with Crippen LogP contribution >= 0.6 is 50.9 Å². The zero-order chi connectivity index (χ0) is 26.4. The molecule has 0 saturated carbocycles. The molecule has 190 valence electrons. The molecule has 0 spiro atoms. The first-order valence-corrected chi connectivity index (χ1v) is 13.3. The molecule has 2 amide bonds. The van der Waals surface area contributed by atoms with E-state index in [0.29, 0.717) is 27.0 Å². The molecular formula is C24H23BrCl2FN5O2S. The second-order valence-corrected chi connectivity index (χ2v) is 10.7. The molecule has 0 fully saturated rings. The summed E-state index contributed by atoms with van der Waals surface area (Å²) in [5.74, 6) is -0.893. The predicted octanol–water partition coefficient (Wildman–Crippen LogP) is 6.53. The Hall–Kier alpha value is -2.40. The quantitative estimate of drug-likeness (QED) is 0.200. The number of rotatable bonds is 10. The topological polar surface area (TPSA) is 88.9 Å². The maximum Gasteiger partial charge on any atom is 0.253 e. The van der Waals surface area contributed by atoms with Gasteiger partial charge in [-0.25, -0.2) is 4.39 Å². The Morgan fingerprint density at radius 2 is 1.97 bits per heavy atom. The van der Waals surface area contributed by atoms with E-state index in [1.807, 2.05) is 13.8 Å². The molecule has 0 unspecified atom stereocenters. The number of amides is 2. The van der Waals surface area contributed by atoms with Gasteiger partial charge in [0.2, 0.25) is 5.91 Å².